The maximum atomic E-state index is 5.98. The summed E-state index contributed by atoms with van der Waals surface area (Å²) >= 11 is 0. The summed E-state index contributed by atoms with van der Waals surface area (Å²) in [5.74, 6) is 0.943. The van der Waals surface area contributed by atoms with Crippen molar-refractivity contribution in [1.82, 2.24) is 4.98 Å². The summed E-state index contributed by atoms with van der Waals surface area (Å²) in [6.07, 6.45) is 1.75. The Hall–Kier alpha value is -1.87. The van der Waals surface area contributed by atoms with Gasteiger partial charge in [-0.05, 0) is 32.4 Å². The van der Waals surface area contributed by atoms with Crippen LogP contribution in [0.2, 0.25) is 0 Å². The van der Waals surface area contributed by atoms with E-state index >= 15 is 0 Å². The molecule has 0 unspecified atom stereocenters. The van der Waals surface area contributed by atoms with E-state index in [9.17, 15) is 0 Å². The molecule has 0 atom stereocenters. The molecule has 0 amide bonds. The van der Waals surface area contributed by atoms with E-state index in [-0.39, 0.29) is 29.6 Å². The topological polar surface area (TPSA) is 81.8 Å². The largest absolute Gasteiger partial charge is 0.472 e. The number of nitrogens with two attached hydrogens (primary N) is 1. The third-order valence-electron chi connectivity index (χ3n) is 3.22. The first kappa shape index (κ1) is 22.2. The van der Waals surface area contributed by atoms with Gasteiger partial charge in [0.25, 0.3) is 0 Å². The second kappa shape index (κ2) is 10.3. The van der Waals surface area contributed by atoms with Crippen molar-refractivity contribution in [3.8, 4) is 5.88 Å². The Bertz CT molecular complexity index is 712. The maximum Gasteiger partial charge on any atom is 0.213 e. The monoisotopic (exact) mass is 470 g/mol. The van der Waals surface area contributed by atoms with E-state index in [1.165, 1.54) is 0 Å². The molecule has 0 aliphatic rings. The van der Waals surface area contributed by atoms with E-state index in [1.807, 2.05) is 57.2 Å². The van der Waals surface area contributed by atoms with Gasteiger partial charge in [-0.2, -0.15) is 0 Å². The third kappa shape index (κ3) is 7.57. The first-order valence-corrected chi connectivity index (χ1v) is 8.15. The van der Waals surface area contributed by atoms with Crippen LogP contribution in [-0.2, 0) is 17.9 Å². The van der Waals surface area contributed by atoms with Crippen LogP contribution in [0.25, 0.3) is 0 Å². The number of nitrogens with one attached hydrogen (secondary N) is 1. The molecule has 0 radical (unpaired) electrons. The van der Waals surface area contributed by atoms with Gasteiger partial charge in [-0.3, -0.25) is 0 Å². The highest BCUT2D eigenvalue weighted by Gasteiger charge is 2.12. The summed E-state index contributed by atoms with van der Waals surface area (Å²) < 4.78 is 10.9. The van der Waals surface area contributed by atoms with Crippen molar-refractivity contribution >= 4 is 35.6 Å². The standard InChI is InChI=1S/C19H26N4O2.HI/c1-19(2,3)25-17-10-9-14(11-21-17)12-22-18(20)23-16-8-6-5-7-15(16)13-24-4;/h5-11H,12-13H2,1-4H3,(H3,20,22,23);1H. The molecule has 0 fully saturated rings. The van der Waals surface area contributed by atoms with Crippen molar-refractivity contribution in [3.05, 3.63) is 53.7 Å². The molecule has 1 aromatic heterocycles. The lowest BCUT2D eigenvalue weighted by atomic mass is 10.2. The van der Waals surface area contributed by atoms with E-state index in [4.69, 9.17) is 15.2 Å². The minimum atomic E-state index is -0.267. The van der Waals surface area contributed by atoms with Gasteiger partial charge in [0.1, 0.15) is 5.60 Å². The SMILES string of the molecule is COCc1ccccc1NC(N)=NCc1ccc(OC(C)(C)C)nc1.I. The zero-order chi connectivity index (χ0) is 18.3. The summed E-state index contributed by atoms with van der Waals surface area (Å²) in [4.78, 5) is 8.65. The molecule has 1 heterocycles. The molecule has 6 nitrogen and oxygen atoms in total. The molecule has 2 rings (SSSR count). The summed E-state index contributed by atoms with van der Waals surface area (Å²) in [7, 11) is 1.66. The van der Waals surface area contributed by atoms with E-state index < -0.39 is 0 Å². The average molecular weight is 470 g/mol. The Morgan fingerprint density at radius 1 is 1.19 bits per heavy atom. The maximum absolute atomic E-state index is 5.98. The number of benzene rings is 1. The number of para-hydroxylation sites is 1. The van der Waals surface area contributed by atoms with Crippen LogP contribution in [0.3, 0.4) is 0 Å². The molecule has 26 heavy (non-hydrogen) atoms. The Morgan fingerprint density at radius 3 is 2.54 bits per heavy atom. The van der Waals surface area contributed by atoms with E-state index in [1.54, 1.807) is 13.3 Å². The van der Waals surface area contributed by atoms with Crippen molar-refractivity contribution in [2.24, 2.45) is 10.7 Å². The van der Waals surface area contributed by atoms with Crippen LogP contribution in [0.1, 0.15) is 31.9 Å². The molecule has 3 N–H and O–H groups in total. The number of ether oxygens (including phenoxy) is 2. The van der Waals surface area contributed by atoms with Crippen LogP contribution in [-0.4, -0.2) is 23.7 Å². The van der Waals surface area contributed by atoms with Crippen molar-refractivity contribution < 1.29 is 9.47 Å². The van der Waals surface area contributed by atoms with Crippen LogP contribution in [0.4, 0.5) is 5.69 Å². The fraction of sp³-hybridized carbons (Fsp3) is 0.368. The fourth-order valence-corrected chi connectivity index (χ4v) is 2.16. The zero-order valence-corrected chi connectivity index (χ0v) is 18.0. The first-order chi connectivity index (χ1) is 11.9. The highest BCUT2D eigenvalue weighted by molar-refractivity contribution is 14.0. The van der Waals surface area contributed by atoms with Crippen LogP contribution >= 0.6 is 24.0 Å². The van der Waals surface area contributed by atoms with Gasteiger partial charge in [0, 0.05) is 30.6 Å². The van der Waals surface area contributed by atoms with Gasteiger partial charge in [-0.1, -0.05) is 24.3 Å². The molecule has 1 aromatic carbocycles. The van der Waals surface area contributed by atoms with Crippen molar-refractivity contribution in [2.45, 2.75) is 39.5 Å². The van der Waals surface area contributed by atoms with E-state index in [0.29, 0.717) is 25.0 Å². The van der Waals surface area contributed by atoms with Gasteiger partial charge in [0.2, 0.25) is 5.88 Å². The summed E-state index contributed by atoms with van der Waals surface area (Å²) in [5, 5.41) is 3.11. The molecular weight excluding hydrogens is 443 g/mol. The van der Waals surface area contributed by atoms with Crippen LogP contribution in [0.5, 0.6) is 5.88 Å². The molecule has 0 spiro atoms. The second-order valence-corrected chi connectivity index (χ2v) is 6.64. The van der Waals surface area contributed by atoms with Gasteiger partial charge < -0.3 is 20.5 Å². The highest BCUT2D eigenvalue weighted by atomic mass is 127. The number of hydrogen-bond donors (Lipinski definition) is 2. The van der Waals surface area contributed by atoms with Crippen LogP contribution in [0, 0.1) is 0 Å². The first-order valence-electron chi connectivity index (χ1n) is 8.15. The predicted molar refractivity (Wildman–Crippen MR) is 116 cm³/mol. The minimum Gasteiger partial charge on any atom is -0.472 e. The van der Waals surface area contributed by atoms with Crippen LogP contribution < -0.4 is 15.8 Å². The molecule has 142 valence electrons. The number of pyridine rings is 1. The zero-order valence-electron chi connectivity index (χ0n) is 15.7. The predicted octanol–water partition coefficient (Wildman–Crippen LogP) is 3.95. The number of rotatable bonds is 6. The number of aliphatic imine (C=N–C) groups is 1. The summed E-state index contributed by atoms with van der Waals surface area (Å²) in [6, 6.07) is 11.6. The highest BCUT2D eigenvalue weighted by Crippen LogP contribution is 2.17. The minimum absolute atomic E-state index is 0. The average Bonchev–Trinajstić information content (AvgIpc) is 2.55. The Kier molecular flexibility index (Phi) is 8.80. The van der Waals surface area contributed by atoms with Gasteiger partial charge in [0.15, 0.2) is 5.96 Å². The Balaban J connectivity index is 0.00000338. The van der Waals surface area contributed by atoms with Crippen LogP contribution in [0.15, 0.2) is 47.6 Å². The lowest BCUT2D eigenvalue weighted by Gasteiger charge is -2.20. The number of anilines is 1. The van der Waals surface area contributed by atoms with Crippen molar-refractivity contribution in [3.63, 3.8) is 0 Å². The molecule has 0 bridgehead atoms. The molecule has 7 heteroatoms. The fourth-order valence-electron chi connectivity index (χ4n) is 2.16. The van der Waals surface area contributed by atoms with Crippen molar-refractivity contribution in [2.75, 3.05) is 12.4 Å². The second-order valence-electron chi connectivity index (χ2n) is 6.64. The van der Waals surface area contributed by atoms with Gasteiger partial charge in [0.05, 0.1) is 13.2 Å². The number of aromatic nitrogens is 1. The van der Waals surface area contributed by atoms with Gasteiger partial charge in [-0.15, -0.1) is 24.0 Å². The van der Waals surface area contributed by atoms with Gasteiger partial charge in [-0.25, -0.2) is 9.98 Å². The Morgan fingerprint density at radius 2 is 1.92 bits per heavy atom. The smallest absolute Gasteiger partial charge is 0.213 e. The summed E-state index contributed by atoms with van der Waals surface area (Å²) in [6.45, 7) is 6.91. The summed E-state index contributed by atoms with van der Waals surface area (Å²) in [5.41, 5.74) is 8.58. The lowest BCUT2D eigenvalue weighted by molar-refractivity contribution is 0.124. The van der Waals surface area contributed by atoms with Gasteiger partial charge >= 0.3 is 0 Å². The number of guanidine groups is 1. The normalized spacial score (nSPS) is 11.6. The molecule has 0 aliphatic carbocycles. The third-order valence-corrected chi connectivity index (χ3v) is 3.22. The number of halogens is 1. The van der Waals surface area contributed by atoms with E-state index in [2.05, 4.69) is 15.3 Å². The molecular formula is C19H27IN4O2. The molecule has 0 saturated carbocycles. The molecule has 0 aliphatic heterocycles. The lowest BCUT2D eigenvalue weighted by Crippen LogP contribution is -2.23. The van der Waals surface area contributed by atoms with E-state index in [0.717, 1.165) is 16.8 Å². The molecule has 2 aromatic rings. The number of hydrogen-bond acceptors (Lipinski definition) is 4. The van der Waals surface area contributed by atoms with Crippen molar-refractivity contribution in [1.29, 1.82) is 0 Å². The molecule has 0 saturated heterocycles. The quantitative estimate of drug-likeness (QED) is 0.380. The number of nitrogens with zero attached hydrogens (tertiary/aromatic N) is 2. The number of methoxy groups -OCH3 is 1. The Labute approximate surface area is 172 Å².